The first-order chi connectivity index (χ1) is 9.82. The summed E-state index contributed by atoms with van der Waals surface area (Å²) in [6, 6.07) is 0. The Balaban J connectivity index is 2.75. The highest BCUT2D eigenvalue weighted by Gasteiger charge is 2.39. The summed E-state index contributed by atoms with van der Waals surface area (Å²) in [7, 11) is -1.84. The minimum absolute atomic E-state index is 0.0483. The Kier molecular flexibility index (Phi) is 5.90. The molecule has 0 aromatic carbocycles. The molecule has 0 N–H and O–H groups in total. The standard InChI is InChI=1S/C17H33NO3Si/c1-16(2,3)20-15(19)18-12-10-9-11-14(13-18)21-22(7,8)17(4,5)6/h9-10,14H,11-13H2,1-8H3. The molecule has 0 bridgehead atoms. The topological polar surface area (TPSA) is 38.8 Å². The maximum atomic E-state index is 12.3. The zero-order chi connectivity index (χ0) is 17.2. The normalized spacial score (nSPS) is 20.7. The fourth-order valence-electron chi connectivity index (χ4n) is 2.00. The van der Waals surface area contributed by atoms with Crippen LogP contribution in [0.2, 0.25) is 18.1 Å². The highest BCUT2D eigenvalue weighted by atomic mass is 28.4. The van der Waals surface area contributed by atoms with Gasteiger partial charge >= 0.3 is 6.09 Å². The molecule has 5 heteroatoms. The lowest BCUT2D eigenvalue weighted by Crippen LogP contribution is -2.48. The first-order valence-corrected chi connectivity index (χ1v) is 11.0. The SMILES string of the molecule is CC(C)(C)OC(=O)N1CC=CCC(O[Si](C)(C)C(C)(C)C)C1. The smallest absolute Gasteiger partial charge is 0.410 e. The van der Waals surface area contributed by atoms with Crippen molar-refractivity contribution in [3.8, 4) is 0 Å². The van der Waals surface area contributed by atoms with Crippen LogP contribution in [0.4, 0.5) is 4.79 Å². The number of hydrogen-bond acceptors (Lipinski definition) is 3. The van der Waals surface area contributed by atoms with Crippen molar-refractivity contribution in [3.63, 3.8) is 0 Å². The van der Waals surface area contributed by atoms with Crippen LogP contribution < -0.4 is 0 Å². The molecule has 22 heavy (non-hydrogen) atoms. The summed E-state index contributed by atoms with van der Waals surface area (Å²) < 4.78 is 12.0. The van der Waals surface area contributed by atoms with Gasteiger partial charge in [-0.05, 0) is 45.3 Å². The van der Waals surface area contributed by atoms with Gasteiger partial charge in [-0.25, -0.2) is 4.79 Å². The minimum atomic E-state index is -1.84. The number of nitrogens with zero attached hydrogens (tertiary/aromatic N) is 1. The van der Waals surface area contributed by atoms with Gasteiger partial charge < -0.3 is 14.1 Å². The van der Waals surface area contributed by atoms with E-state index >= 15 is 0 Å². The quantitative estimate of drug-likeness (QED) is 0.551. The van der Waals surface area contributed by atoms with E-state index in [0.29, 0.717) is 13.1 Å². The molecule has 0 saturated carbocycles. The number of ether oxygens (including phenoxy) is 1. The van der Waals surface area contributed by atoms with E-state index in [1.54, 1.807) is 4.90 Å². The number of carbonyl (C=O) groups excluding carboxylic acids is 1. The monoisotopic (exact) mass is 327 g/mol. The molecular formula is C17H33NO3Si. The highest BCUT2D eigenvalue weighted by molar-refractivity contribution is 6.74. The van der Waals surface area contributed by atoms with Crippen LogP contribution in [0.15, 0.2) is 12.2 Å². The zero-order valence-corrected chi connectivity index (χ0v) is 16.5. The van der Waals surface area contributed by atoms with Crippen LogP contribution in [-0.4, -0.2) is 44.1 Å². The van der Waals surface area contributed by atoms with Crippen LogP contribution >= 0.6 is 0 Å². The van der Waals surface area contributed by atoms with E-state index < -0.39 is 13.9 Å². The number of hydrogen-bond donors (Lipinski definition) is 0. The third-order valence-electron chi connectivity index (χ3n) is 4.23. The lowest BCUT2D eigenvalue weighted by molar-refractivity contribution is 0.0195. The Morgan fingerprint density at radius 2 is 1.73 bits per heavy atom. The van der Waals surface area contributed by atoms with Crippen LogP contribution in [0.3, 0.4) is 0 Å². The molecule has 0 fully saturated rings. The van der Waals surface area contributed by atoms with E-state index in [2.05, 4.69) is 39.9 Å². The van der Waals surface area contributed by atoms with Crippen molar-refractivity contribution in [1.29, 1.82) is 0 Å². The van der Waals surface area contributed by atoms with Gasteiger partial charge in [0.2, 0.25) is 0 Å². The predicted molar refractivity (Wildman–Crippen MR) is 93.6 cm³/mol. The summed E-state index contributed by atoms with van der Waals surface area (Å²) >= 11 is 0. The zero-order valence-electron chi connectivity index (χ0n) is 15.5. The van der Waals surface area contributed by atoms with Gasteiger partial charge in [-0.2, -0.15) is 0 Å². The van der Waals surface area contributed by atoms with Crippen LogP contribution in [0.1, 0.15) is 48.0 Å². The Labute approximate surface area is 137 Å². The van der Waals surface area contributed by atoms with Gasteiger partial charge in [0, 0.05) is 13.1 Å². The first kappa shape index (κ1) is 19.2. The molecule has 0 radical (unpaired) electrons. The van der Waals surface area contributed by atoms with Crippen LogP contribution in [-0.2, 0) is 9.16 Å². The molecule has 1 aliphatic rings. The molecule has 0 aromatic rings. The van der Waals surface area contributed by atoms with Gasteiger partial charge in [0.15, 0.2) is 8.32 Å². The van der Waals surface area contributed by atoms with Crippen molar-refractivity contribution >= 4 is 14.4 Å². The molecule has 1 atom stereocenters. The second kappa shape index (κ2) is 6.75. The van der Waals surface area contributed by atoms with Gasteiger partial charge in [0.25, 0.3) is 0 Å². The molecule has 0 saturated heterocycles. The summed E-state index contributed by atoms with van der Waals surface area (Å²) in [5.41, 5.74) is -0.469. The van der Waals surface area contributed by atoms with E-state index in [-0.39, 0.29) is 17.2 Å². The van der Waals surface area contributed by atoms with Gasteiger partial charge in [-0.15, -0.1) is 0 Å². The van der Waals surface area contributed by atoms with Gasteiger partial charge in [0.1, 0.15) is 5.60 Å². The third kappa shape index (κ3) is 5.76. The lowest BCUT2D eigenvalue weighted by Gasteiger charge is -2.40. The van der Waals surface area contributed by atoms with E-state index in [0.717, 1.165) is 6.42 Å². The summed E-state index contributed by atoms with van der Waals surface area (Å²) in [6.45, 7) is 18.1. The summed E-state index contributed by atoms with van der Waals surface area (Å²) in [6.07, 6.45) is 4.78. The van der Waals surface area contributed by atoms with Crippen molar-refractivity contribution in [3.05, 3.63) is 12.2 Å². The first-order valence-electron chi connectivity index (χ1n) is 8.12. The summed E-state index contributed by atoms with van der Waals surface area (Å²) in [5.74, 6) is 0. The second-order valence-electron chi connectivity index (χ2n) is 8.59. The van der Waals surface area contributed by atoms with Crippen molar-refractivity contribution in [2.45, 2.75) is 77.8 Å². The molecule has 4 nitrogen and oxygen atoms in total. The molecule has 1 rings (SSSR count). The van der Waals surface area contributed by atoms with Gasteiger partial charge in [0.05, 0.1) is 6.10 Å². The summed E-state index contributed by atoms with van der Waals surface area (Å²) in [4.78, 5) is 14.0. The minimum Gasteiger partial charge on any atom is -0.444 e. The third-order valence-corrected chi connectivity index (χ3v) is 8.77. The van der Waals surface area contributed by atoms with E-state index in [4.69, 9.17) is 9.16 Å². The summed E-state index contributed by atoms with van der Waals surface area (Å²) in [5, 5.41) is 0.166. The van der Waals surface area contributed by atoms with E-state index in [1.165, 1.54) is 0 Å². The lowest BCUT2D eigenvalue weighted by atomic mass is 10.2. The van der Waals surface area contributed by atoms with E-state index in [1.807, 2.05) is 26.8 Å². The predicted octanol–water partition coefficient (Wildman–Crippen LogP) is 4.57. The maximum Gasteiger partial charge on any atom is 0.410 e. The molecule has 128 valence electrons. The van der Waals surface area contributed by atoms with Crippen molar-refractivity contribution in [2.24, 2.45) is 0 Å². The maximum absolute atomic E-state index is 12.3. The molecule has 1 unspecified atom stereocenters. The fourth-order valence-corrected chi connectivity index (χ4v) is 3.36. The van der Waals surface area contributed by atoms with Crippen molar-refractivity contribution in [1.82, 2.24) is 4.90 Å². The Bertz CT molecular complexity index is 419. The van der Waals surface area contributed by atoms with Crippen molar-refractivity contribution < 1.29 is 14.0 Å². The Hall–Kier alpha value is -0.813. The van der Waals surface area contributed by atoms with Crippen LogP contribution in [0.5, 0.6) is 0 Å². The number of amides is 1. The number of rotatable bonds is 2. The van der Waals surface area contributed by atoms with Gasteiger partial charge in [-0.3, -0.25) is 0 Å². The van der Waals surface area contributed by atoms with Crippen LogP contribution in [0, 0.1) is 0 Å². The Morgan fingerprint density at radius 3 is 2.23 bits per heavy atom. The van der Waals surface area contributed by atoms with Gasteiger partial charge in [-0.1, -0.05) is 32.9 Å². The average Bonchev–Trinajstić information content (AvgIpc) is 2.50. The Morgan fingerprint density at radius 1 is 1.14 bits per heavy atom. The highest BCUT2D eigenvalue weighted by Crippen LogP contribution is 2.37. The molecule has 0 aromatic heterocycles. The average molecular weight is 328 g/mol. The van der Waals surface area contributed by atoms with Crippen molar-refractivity contribution in [2.75, 3.05) is 13.1 Å². The number of carbonyl (C=O) groups is 1. The fraction of sp³-hybridized carbons (Fsp3) is 0.824. The second-order valence-corrected chi connectivity index (χ2v) is 13.3. The molecule has 0 aliphatic carbocycles. The molecule has 1 heterocycles. The molecule has 0 spiro atoms. The molecule has 1 aliphatic heterocycles. The molecule has 1 amide bonds. The van der Waals surface area contributed by atoms with E-state index in [9.17, 15) is 4.79 Å². The largest absolute Gasteiger partial charge is 0.444 e. The molecular weight excluding hydrogens is 294 g/mol. The van der Waals surface area contributed by atoms with Crippen LogP contribution in [0.25, 0.3) is 0 Å².